The summed E-state index contributed by atoms with van der Waals surface area (Å²) in [4.78, 5) is 33.8. The zero-order chi connectivity index (χ0) is 22.3. The first kappa shape index (κ1) is 22.2. The van der Waals surface area contributed by atoms with Crippen LogP contribution in [0, 0.1) is 6.92 Å². The van der Waals surface area contributed by atoms with Gasteiger partial charge in [0, 0.05) is 36.1 Å². The van der Waals surface area contributed by atoms with Gasteiger partial charge in [0.25, 0.3) is 0 Å². The summed E-state index contributed by atoms with van der Waals surface area (Å²) in [6.07, 6.45) is 5.47. The van der Waals surface area contributed by atoms with E-state index in [2.05, 4.69) is 10.3 Å². The highest BCUT2D eigenvalue weighted by Crippen LogP contribution is 2.29. The number of hydrogen-bond donors (Lipinski definition) is 1. The number of nitrogens with one attached hydrogen (secondary N) is 1. The van der Waals surface area contributed by atoms with Gasteiger partial charge < -0.3 is 10.1 Å². The molecule has 0 aliphatic carbocycles. The normalized spacial score (nSPS) is 16.5. The van der Waals surface area contributed by atoms with E-state index in [1.807, 2.05) is 48.7 Å². The fourth-order valence-corrected chi connectivity index (χ4v) is 4.57. The molecule has 2 atom stereocenters. The Labute approximate surface area is 192 Å². The number of anilines is 1. The summed E-state index contributed by atoms with van der Waals surface area (Å²) in [7, 11) is 0. The molecule has 1 N–H and O–H groups in total. The highest BCUT2D eigenvalue weighted by atomic mass is 32.1. The summed E-state index contributed by atoms with van der Waals surface area (Å²) < 4.78 is 5.66. The summed E-state index contributed by atoms with van der Waals surface area (Å²) in [6.45, 7) is 3.15. The topological polar surface area (TPSA) is 71.5 Å². The van der Waals surface area contributed by atoms with Crippen LogP contribution in [-0.4, -0.2) is 36.1 Å². The summed E-state index contributed by atoms with van der Waals surface area (Å²) in [5.41, 5.74) is 2.49. The van der Waals surface area contributed by atoms with Crippen molar-refractivity contribution >= 4 is 28.8 Å². The molecule has 0 spiro atoms. The van der Waals surface area contributed by atoms with Crippen LogP contribution >= 0.6 is 11.3 Å². The van der Waals surface area contributed by atoms with Crippen LogP contribution in [0.2, 0.25) is 0 Å². The molecular weight excluding hydrogens is 422 g/mol. The van der Waals surface area contributed by atoms with Crippen molar-refractivity contribution in [2.75, 3.05) is 18.1 Å². The van der Waals surface area contributed by atoms with Crippen LogP contribution in [0.3, 0.4) is 0 Å². The van der Waals surface area contributed by atoms with Crippen LogP contribution in [0.15, 0.2) is 66.3 Å². The molecule has 1 fully saturated rings. The first-order valence-electron chi connectivity index (χ1n) is 10.8. The Kier molecular flexibility index (Phi) is 7.29. The fraction of sp³-hybridized carbons (Fsp3) is 0.320. The summed E-state index contributed by atoms with van der Waals surface area (Å²) in [6, 6.07) is 14.3. The maximum absolute atomic E-state index is 13.6. The Morgan fingerprint density at radius 3 is 2.62 bits per heavy atom. The Morgan fingerprint density at radius 2 is 1.97 bits per heavy atom. The van der Waals surface area contributed by atoms with E-state index in [4.69, 9.17) is 4.74 Å². The van der Waals surface area contributed by atoms with Crippen molar-refractivity contribution in [1.29, 1.82) is 0 Å². The smallest absolute Gasteiger partial charge is 0.247 e. The third kappa shape index (κ3) is 5.41. The average Bonchev–Trinajstić information content (AvgIpc) is 3.51. The second-order valence-electron chi connectivity index (χ2n) is 7.92. The van der Waals surface area contributed by atoms with E-state index in [0.29, 0.717) is 17.8 Å². The molecule has 0 unspecified atom stereocenters. The molecule has 2 aromatic heterocycles. The van der Waals surface area contributed by atoms with E-state index < -0.39 is 6.04 Å². The number of aryl methyl sites for hydroxylation is 1. The van der Waals surface area contributed by atoms with Crippen LogP contribution in [0.1, 0.15) is 34.9 Å². The average molecular weight is 450 g/mol. The second-order valence-corrected chi connectivity index (χ2v) is 8.95. The van der Waals surface area contributed by atoms with Gasteiger partial charge in [0.15, 0.2) is 0 Å². The molecule has 0 bridgehead atoms. The van der Waals surface area contributed by atoms with Crippen molar-refractivity contribution < 1.29 is 14.3 Å². The van der Waals surface area contributed by atoms with Gasteiger partial charge in [-0.05, 0) is 61.0 Å². The molecule has 0 radical (unpaired) electrons. The number of amides is 2. The third-order valence-electron chi connectivity index (χ3n) is 5.54. The van der Waals surface area contributed by atoms with Gasteiger partial charge in [0.05, 0.1) is 12.5 Å². The predicted molar refractivity (Wildman–Crippen MR) is 126 cm³/mol. The van der Waals surface area contributed by atoms with Gasteiger partial charge in [0.2, 0.25) is 11.8 Å². The molecule has 6 nitrogen and oxygen atoms in total. The first-order valence-corrected chi connectivity index (χ1v) is 11.7. The van der Waals surface area contributed by atoms with Crippen molar-refractivity contribution in [3.05, 3.63) is 82.3 Å². The van der Waals surface area contributed by atoms with Gasteiger partial charge in [-0.25, -0.2) is 0 Å². The predicted octanol–water partition coefficient (Wildman–Crippen LogP) is 4.06. The molecule has 1 aliphatic rings. The zero-order valence-corrected chi connectivity index (χ0v) is 18.9. The van der Waals surface area contributed by atoms with Gasteiger partial charge in [-0.2, -0.15) is 0 Å². The SMILES string of the molecule is Cc1ccc(N(C(=O)Cc2cccs2)[C@@H](C(=O)NC[C@@H]2CCCO2)c2ccncc2)cc1. The minimum Gasteiger partial charge on any atom is -0.376 e. The number of ether oxygens (including phenoxy) is 1. The molecule has 3 heterocycles. The summed E-state index contributed by atoms with van der Waals surface area (Å²) >= 11 is 1.53. The number of thiophene rings is 1. The Bertz CT molecular complexity index is 1020. The monoisotopic (exact) mass is 449 g/mol. The number of benzene rings is 1. The van der Waals surface area contributed by atoms with Gasteiger partial charge in [0.1, 0.15) is 6.04 Å². The van der Waals surface area contributed by atoms with Crippen molar-refractivity contribution in [1.82, 2.24) is 10.3 Å². The van der Waals surface area contributed by atoms with E-state index in [1.165, 1.54) is 11.3 Å². The minimum absolute atomic E-state index is 0.0201. The lowest BCUT2D eigenvalue weighted by atomic mass is 10.0. The Hall–Kier alpha value is -3.03. The molecule has 166 valence electrons. The molecule has 4 rings (SSSR count). The largest absolute Gasteiger partial charge is 0.376 e. The minimum atomic E-state index is -0.811. The number of hydrogen-bond acceptors (Lipinski definition) is 5. The van der Waals surface area contributed by atoms with Crippen LogP contribution in [0.4, 0.5) is 5.69 Å². The van der Waals surface area contributed by atoms with Crippen molar-refractivity contribution in [2.24, 2.45) is 0 Å². The lowest BCUT2D eigenvalue weighted by Crippen LogP contribution is -2.46. The number of carbonyl (C=O) groups is 2. The highest BCUT2D eigenvalue weighted by molar-refractivity contribution is 7.10. The maximum Gasteiger partial charge on any atom is 0.247 e. The van der Waals surface area contributed by atoms with Gasteiger partial charge in [-0.3, -0.25) is 19.5 Å². The third-order valence-corrected chi connectivity index (χ3v) is 6.42. The molecule has 0 saturated carbocycles. The van der Waals surface area contributed by atoms with Crippen molar-refractivity contribution in [3.8, 4) is 0 Å². The molecule has 3 aromatic rings. The standard InChI is InChI=1S/C25H27N3O3S/c1-18-6-8-20(9-7-18)28(23(29)16-22-5-3-15-32-22)24(19-10-12-26-13-11-19)25(30)27-17-21-4-2-14-31-21/h3,5-13,15,21,24H,2,4,14,16-17H2,1H3,(H,27,30)/t21-,24+/m0/s1. The van der Waals surface area contributed by atoms with Crippen molar-refractivity contribution in [2.45, 2.75) is 38.3 Å². The maximum atomic E-state index is 13.6. The molecule has 2 amide bonds. The second kappa shape index (κ2) is 10.5. The number of carbonyl (C=O) groups excluding carboxylic acids is 2. The fourth-order valence-electron chi connectivity index (χ4n) is 3.87. The van der Waals surface area contributed by atoms with Gasteiger partial charge >= 0.3 is 0 Å². The Balaban J connectivity index is 1.68. The quantitative estimate of drug-likeness (QED) is 0.563. The number of rotatable bonds is 8. The summed E-state index contributed by atoms with van der Waals surface area (Å²) in [5.74, 6) is -0.364. The highest BCUT2D eigenvalue weighted by Gasteiger charge is 2.33. The lowest BCUT2D eigenvalue weighted by molar-refractivity contribution is -0.126. The molecule has 1 aliphatic heterocycles. The van der Waals surface area contributed by atoms with E-state index >= 15 is 0 Å². The van der Waals surface area contributed by atoms with E-state index in [0.717, 1.165) is 29.9 Å². The van der Waals surface area contributed by atoms with E-state index in [9.17, 15) is 9.59 Å². The summed E-state index contributed by atoms with van der Waals surface area (Å²) in [5, 5.41) is 4.97. The van der Waals surface area contributed by atoms with Gasteiger partial charge in [-0.1, -0.05) is 23.8 Å². The molecule has 1 aromatic carbocycles. The Morgan fingerprint density at radius 1 is 1.19 bits per heavy atom. The van der Waals surface area contributed by atoms with Crippen LogP contribution in [0.5, 0.6) is 0 Å². The zero-order valence-electron chi connectivity index (χ0n) is 18.1. The lowest BCUT2D eigenvalue weighted by Gasteiger charge is -2.32. The molecular formula is C25H27N3O3S. The molecule has 1 saturated heterocycles. The molecule has 32 heavy (non-hydrogen) atoms. The first-order chi connectivity index (χ1) is 15.6. The van der Waals surface area contributed by atoms with Crippen LogP contribution < -0.4 is 10.2 Å². The van der Waals surface area contributed by atoms with Gasteiger partial charge in [-0.15, -0.1) is 11.3 Å². The van der Waals surface area contributed by atoms with Crippen molar-refractivity contribution in [3.63, 3.8) is 0 Å². The number of nitrogens with zero attached hydrogens (tertiary/aromatic N) is 2. The van der Waals surface area contributed by atoms with E-state index in [-0.39, 0.29) is 24.3 Å². The number of aromatic nitrogens is 1. The van der Waals surface area contributed by atoms with Crippen LogP contribution in [0.25, 0.3) is 0 Å². The molecule has 7 heteroatoms. The number of pyridine rings is 1. The van der Waals surface area contributed by atoms with Crippen LogP contribution in [-0.2, 0) is 20.7 Å². The van der Waals surface area contributed by atoms with E-state index in [1.54, 1.807) is 29.4 Å².